The van der Waals surface area contributed by atoms with Gasteiger partial charge in [0.05, 0.1) is 0 Å². The molecule has 1 aliphatic rings. The number of hydrogen-bond donors (Lipinski definition) is 2. The molecule has 1 aromatic heterocycles. The first-order valence-electron chi connectivity index (χ1n) is 7.99. The van der Waals surface area contributed by atoms with Gasteiger partial charge < -0.3 is 10.6 Å². The fraction of sp³-hybridized carbons (Fsp3) is 0.412. The van der Waals surface area contributed by atoms with Crippen molar-refractivity contribution in [3.8, 4) is 0 Å². The standard InChI is InChI=1S/C17H20ClN3OS2/c18-13-3-1-12(2-4-13)15(20-14-5-8-23-9-6-14)11-16(22)21-17-19-7-10-24-17/h1-4,7,10,14-15,20H,5-6,8-9,11H2,(H,19,21,22). The molecule has 1 unspecified atom stereocenters. The van der Waals surface area contributed by atoms with Gasteiger partial charge in [0.25, 0.3) is 0 Å². The van der Waals surface area contributed by atoms with E-state index in [1.165, 1.54) is 22.8 Å². The number of anilines is 1. The second-order valence-corrected chi connectivity index (χ2v) is 8.30. The van der Waals surface area contributed by atoms with Crippen LogP contribution in [0.4, 0.5) is 5.13 Å². The van der Waals surface area contributed by atoms with Crippen molar-refractivity contribution in [3.63, 3.8) is 0 Å². The Morgan fingerprint density at radius 2 is 2.04 bits per heavy atom. The van der Waals surface area contributed by atoms with Crippen LogP contribution in [0.3, 0.4) is 0 Å². The zero-order chi connectivity index (χ0) is 16.8. The lowest BCUT2D eigenvalue weighted by molar-refractivity contribution is -0.116. The van der Waals surface area contributed by atoms with Crippen molar-refractivity contribution < 1.29 is 4.79 Å². The molecule has 1 aromatic carbocycles. The summed E-state index contributed by atoms with van der Waals surface area (Å²) in [5.74, 6) is 2.33. The highest BCUT2D eigenvalue weighted by Crippen LogP contribution is 2.25. The summed E-state index contributed by atoms with van der Waals surface area (Å²) < 4.78 is 0. The molecule has 1 saturated heterocycles. The van der Waals surface area contributed by atoms with E-state index in [-0.39, 0.29) is 11.9 Å². The highest BCUT2D eigenvalue weighted by Gasteiger charge is 2.22. The number of carbonyl (C=O) groups is 1. The number of aromatic nitrogens is 1. The average molecular weight is 382 g/mol. The Hall–Kier alpha value is -1.08. The Morgan fingerprint density at radius 3 is 2.71 bits per heavy atom. The molecule has 1 fully saturated rings. The third-order valence-electron chi connectivity index (χ3n) is 4.00. The summed E-state index contributed by atoms with van der Waals surface area (Å²) in [6.07, 6.45) is 4.35. The SMILES string of the molecule is O=C(CC(NC1CCSCC1)c1ccc(Cl)cc1)Nc1nccs1. The summed E-state index contributed by atoms with van der Waals surface area (Å²) in [7, 11) is 0. The van der Waals surface area contributed by atoms with Crippen molar-refractivity contribution in [2.45, 2.75) is 31.3 Å². The fourth-order valence-corrected chi connectivity index (χ4v) is 4.54. The van der Waals surface area contributed by atoms with Crippen molar-refractivity contribution in [3.05, 3.63) is 46.4 Å². The third-order valence-corrected chi connectivity index (χ3v) is 5.99. The molecule has 1 atom stereocenters. The number of benzene rings is 1. The van der Waals surface area contributed by atoms with E-state index in [1.807, 2.05) is 41.4 Å². The quantitative estimate of drug-likeness (QED) is 0.780. The Balaban J connectivity index is 1.68. The van der Waals surface area contributed by atoms with Crippen LogP contribution in [-0.4, -0.2) is 28.4 Å². The van der Waals surface area contributed by atoms with Gasteiger partial charge >= 0.3 is 0 Å². The van der Waals surface area contributed by atoms with Crippen molar-refractivity contribution in [1.82, 2.24) is 10.3 Å². The van der Waals surface area contributed by atoms with Crippen molar-refractivity contribution in [1.29, 1.82) is 0 Å². The highest BCUT2D eigenvalue weighted by molar-refractivity contribution is 7.99. The second kappa shape index (κ2) is 8.85. The smallest absolute Gasteiger partial charge is 0.228 e. The minimum Gasteiger partial charge on any atom is -0.307 e. The maximum atomic E-state index is 12.4. The van der Waals surface area contributed by atoms with E-state index >= 15 is 0 Å². The molecule has 1 amide bonds. The number of nitrogens with one attached hydrogen (secondary N) is 2. The minimum atomic E-state index is -0.0254. The monoisotopic (exact) mass is 381 g/mol. The van der Waals surface area contributed by atoms with Crippen molar-refractivity contribution >= 4 is 45.7 Å². The number of nitrogens with zero attached hydrogens (tertiary/aromatic N) is 1. The van der Waals surface area contributed by atoms with Gasteiger partial charge in [0, 0.05) is 35.1 Å². The maximum Gasteiger partial charge on any atom is 0.228 e. The van der Waals surface area contributed by atoms with E-state index < -0.39 is 0 Å². The molecule has 128 valence electrons. The Bertz CT molecular complexity index is 642. The second-order valence-electron chi connectivity index (χ2n) is 5.75. The molecular formula is C17H20ClN3OS2. The molecule has 0 saturated carbocycles. The topological polar surface area (TPSA) is 54.0 Å². The molecule has 0 bridgehead atoms. The Kier molecular flexibility index (Phi) is 6.54. The molecule has 0 spiro atoms. The molecule has 2 aromatic rings. The number of thioether (sulfide) groups is 1. The first-order valence-corrected chi connectivity index (χ1v) is 10.4. The van der Waals surface area contributed by atoms with E-state index in [0.29, 0.717) is 22.6 Å². The molecule has 7 heteroatoms. The van der Waals surface area contributed by atoms with Gasteiger partial charge in [0.1, 0.15) is 0 Å². The summed E-state index contributed by atoms with van der Waals surface area (Å²) in [5.41, 5.74) is 1.09. The number of rotatable bonds is 6. The van der Waals surface area contributed by atoms with Crippen LogP contribution in [0.25, 0.3) is 0 Å². The zero-order valence-electron chi connectivity index (χ0n) is 13.2. The van der Waals surface area contributed by atoms with Gasteiger partial charge in [-0.25, -0.2) is 4.98 Å². The van der Waals surface area contributed by atoms with Crippen molar-refractivity contribution in [2.75, 3.05) is 16.8 Å². The zero-order valence-corrected chi connectivity index (χ0v) is 15.6. The predicted molar refractivity (Wildman–Crippen MR) is 103 cm³/mol. The lowest BCUT2D eigenvalue weighted by Crippen LogP contribution is -2.37. The van der Waals surface area contributed by atoms with Crippen LogP contribution in [0.5, 0.6) is 0 Å². The number of carbonyl (C=O) groups excluding carboxylic acids is 1. The largest absolute Gasteiger partial charge is 0.307 e. The van der Waals surface area contributed by atoms with Crippen molar-refractivity contribution in [2.24, 2.45) is 0 Å². The van der Waals surface area contributed by atoms with Crippen LogP contribution in [-0.2, 0) is 4.79 Å². The van der Waals surface area contributed by atoms with E-state index in [0.717, 1.165) is 18.4 Å². The lowest BCUT2D eigenvalue weighted by Gasteiger charge is -2.28. The molecule has 1 aliphatic heterocycles. The summed E-state index contributed by atoms with van der Waals surface area (Å²) in [6.45, 7) is 0. The van der Waals surface area contributed by atoms with E-state index in [4.69, 9.17) is 11.6 Å². The number of hydrogen-bond acceptors (Lipinski definition) is 5. The maximum absolute atomic E-state index is 12.4. The van der Waals surface area contributed by atoms with E-state index in [9.17, 15) is 4.79 Å². The Labute approximate surface area is 155 Å². The van der Waals surface area contributed by atoms with Crippen LogP contribution in [0.1, 0.15) is 30.9 Å². The molecule has 3 rings (SSSR count). The van der Waals surface area contributed by atoms with Crippen LogP contribution in [0, 0.1) is 0 Å². The molecule has 0 radical (unpaired) electrons. The van der Waals surface area contributed by atoms with Gasteiger partial charge in [-0.2, -0.15) is 11.8 Å². The van der Waals surface area contributed by atoms with Gasteiger partial charge in [-0.05, 0) is 42.0 Å². The van der Waals surface area contributed by atoms with Gasteiger partial charge in [0.15, 0.2) is 5.13 Å². The van der Waals surface area contributed by atoms with E-state index in [2.05, 4.69) is 15.6 Å². The van der Waals surface area contributed by atoms with Gasteiger partial charge in [0.2, 0.25) is 5.91 Å². The number of amides is 1. The van der Waals surface area contributed by atoms with Crippen LogP contribution in [0.15, 0.2) is 35.8 Å². The summed E-state index contributed by atoms with van der Waals surface area (Å²) in [5, 5.41) is 9.74. The first kappa shape index (κ1) is 17.7. The van der Waals surface area contributed by atoms with Gasteiger partial charge in [-0.3, -0.25) is 4.79 Å². The highest BCUT2D eigenvalue weighted by atomic mass is 35.5. The first-order chi connectivity index (χ1) is 11.7. The average Bonchev–Trinajstić information content (AvgIpc) is 3.09. The molecular weight excluding hydrogens is 362 g/mol. The normalized spacial score (nSPS) is 16.7. The molecule has 2 N–H and O–H groups in total. The molecule has 24 heavy (non-hydrogen) atoms. The third kappa shape index (κ3) is 5.21. The van der Waals surface area contributed by atoms with Crippen LogP contribution >= 0.6 is 34.7 Å². The predicted octanol–water partition coefficient (Wildman–Crippen LogP) is 4.35. The fourth-order valence-electron chi connectivity index (χ4n) is 2.76. The summed E-state index contributed by atoms with van der Waals surface area (Å²) in [4.78, 5) is 16.5. The Morgan fingerprint density at radius 1 is 1.29 bits per heavy atom. The number of halogens is 1. The summed E-state index contributed by atoms with van der Waals surface area (Å²) in [6, 6.07) is 8.18. The van der Waals surface area contributed by atoms with Crippen LogP contribution in [0.2, 0.25) is 5.02 Å². The molecule has 4 nitrogen and oxygen atoms in total. The van der Waals surface area contributed by atoms with Gasteiger partial charge in [-0.1, -0.05) is 23.7 Å². The van der Waals surface area contributed by atoms with Crippen LogP contribution < -0.4 is 10.6 Å². The molecule has 2 heterocycles. The molecule has 0 aliphatic carbocycles. The summed E-state index contributed by atoms with van der Waals surface area (Å²) >= 11 is 9.42. The number of thiazole rings is 1. The van der Waals surface area contributed by atoms with E-state index in [1.54, 1.807) is 6.20 Å². The lowest BCUT2D eigenvalue weighted by atomic mass is 10.0. The van der Waals surface area contributed by atoms with Gasteiger partial charge in [-0.15, -0.1) is 11.3 Å². The minimum absolute atomic E-state index is 0.0182.